The van der Waals surface area contributed by atoms with Gasteiger partial charge in [0.25, 0.3) is 0 Å². The van der Waals surface area contributed by atoms with Crippen molar-refractivity contribution in [3.05, 3.63) is 107 Å². The van der Waals surface area contributed by atoms with E-state index in [1.165, 1.54) is 11.1 Å². The van der Waals surface area contributed by atoms with Crippen molar-refractivity contribution in [2.24, 2.45) is 0 Å². The molecule has 31 heavy (non-hydrogen) atoms. The molecular weight excluding hydrogens is 378 g/mol. The molecule has 0 aliphatic rings. The summed E-state index contributed by atoms with van der Waals surface area (Å²) in [6.45, 7) is 13.4. The van der Waals surface area contributed by atoms with Crippen LogP contribution in [0.5, 0.6) is 0 Å². The predicted octanol–water partition coefficient (Wildman–Crippen LogP) is 7.62. The minimum Gasteiger partial charge on any atom is -0.355 e. The Balaban J connectivity index is 2.08. The second-order valence-electron chi connectivity index (χ2n) is 10.1. The molecule has 0 saturated carbocycles. The molecular formula is C29H33NO. The molecule has 0 aliphatic carbocycles. The molecule has 2 nitrogen and oxygen atoms in total. The van der Waals surface area contributed by atoms with Crippen LogP contribution in [0.15, 0.2) is 84.9 Å². The average molecular weight is 412 g/mol. The number of ketones is 1. The summed E-state index contributed by atoms with van der Waals surface area (Å²) in [7, 11) is 0. The molecule has 0 radical (unpaired) electrons. The van der Waals surface area contributed by atoms with E-state index >= 15 is 0 Å². The van der Waals surface area contributed by atoms with Crippen LogP contribution in [0.3, 0.4) is 0 Å². The Morgan fingerprint density at radius 2 is 1.13 bits per heavy atom. The van der Waals surface area contributed by atoms with Gasteiger partial charge < -0.3 is 5.32 Å². The number of hydrogen-bond donors (Lipinski definition) is 1. The Morgan fingerprint density at radius 1 is 0.677 bits per heavy atom. The first kappa shape index (κ1) is 22.6. The number of hydrogen-bond acceptors (Lipinski definition) is 2. The minimum absolute atomic E-state index is 0.0185. The molecule has 0 bridgehead atoms. The third-order valence-electron chi connectivity index (χ3n) is 5.36. The molecule has 3 aromatic rings. The van der Waals surface area contributed by atoms with Crippen molar-refractivity contribution in [1.82, 2.24) is 0 Å². The van der Waals surface area contributed by atoms with E-state index in [0.29, 0.717) is 5.56 Å². The molecule has 0 aliphatic heterocycles. The van der Waals surface area contributed by atoms with E-state index < -0.39 is 0 Å². The topological polar surface area (TPSA) is 29.1 Å². The Kier molecular flexibility index (Phi) is 6.50. The van der Waals surface area contributed by atoms with Crippen molar-refractivity contribution in [3.63, 3.8) is 0 Å². The van der Waals surface area contributed by atoms with Crippen molar-refractivity contribution < 1.29 is 4.79 Å². The second kappa shape index (κ2) is 8.93. The van der Waals surface area contributed by atoms with Gasteiger partial charge in [0.2, 0.25) is 0 Å². The lowest BCUT2D eigenvalue weighted by atomic mass is 9.80. The van der Waals surface area contributed by atoms with Gasteiger partial charge in [0, 0.05) is 23.0 Å². The maximum absolute atomic E-state index is 13.0. The molecule has 1 N–H and O–H groups in total. The van der Waals surface area contributed by atoms with Crippen molar-refractivity contribution in [2.45, 2.75) is 52.4 Å². The minimum atomic E-state index is -0.0185. The van der Waals surface area contributed by atoms with Crippen molar-refractivity contribution in [2.75, 3.05) is 5.32 Å². The first-order valence-corrected chi connectivity index (χ1v) is 10.8. The van der Waals surface area contributed by atoms with E-state index in [0.717, 1.165) is 16.9 Å². The standard InChI is InChI=1S/C29H33NO/c1-28(2,3)23-17-24(29(4,5)6)19-25(18-23)30-26(21-13-9-7-10-14-21)20-27(31)22-15-11-8-12-16-22/h7-20,30H,1-6H3/b26-20+. The summed E-state index contributed by atoms with van der Waals surface area (Å²) < 4.78 is 0. The van der Waals surface area contributed by atoms with Crippen LogP contribution in [0.25, 0.3) is 5.70 Å². The van der Waals surface area contributed by atoms with Gasteiger partial charge in [-0.05, 0) is 39.7 Å². The summed E-state index contributed by atoms with van der Waals surface area (Å²) in [6.07, 6.45) is 1.70. The third-order valence-corrected chi connectivity index (χ3v) is 5.36. The summed E-state index contributed by atoms with van der Waals surface area (Å²) in [6, 6.07) is 26.1. The maximum Gasteiger partial charge on any atom is 0.187 e. The highest BCUT2D eigenvalue weighted by molar-refractivity contribution is 6.09. The monoisotopic (exact) mass is 411 g/mol. The summed E-state index contributed by atoms with van der Waals surface area (Å²) >= 11 is 0. The SMILES string of the molecule is CC(C)(C)c1cc(N/C(=C/C(=O)c2ccccc2)c2ccccc2)cc(C(C)(C)C)c1. The van der Waals surface area contributed by atoms with Crippen LogP contribution in [0.2, 0.25) is 0 Å². The molecule has 0 saturated heterocycles. The number of carbonyl (C=O) groups excluding carboxylic acids is 1. The number of nitrogens with one attached hydrogen (secondary N) is 1. The Morgan fingerprint density at radius 3 is 1.58 bits per heavy atom. The molecule has 2 heteroatoms. The van der Waals surface area contributed by atoms with Crippen LogP contribution in [0.4, 0.5) is 5.69 Å². The lowest BCUT2D eigenvalue weighted by Gasteiger charge is -2.26. The zero-order valence-electron chi connectivity index (χ0n) is 19.5. The highest BCUT2D eigenvalue weighted by atomic mass is 16.1. The maximum atomic E-state index is 13.0. The fraction of sp³-hybridized carbons (Fsp3) is 0.276. The van der Waals surface area contributed by atoms with Gasteiger partial charge in [0.05, 0.1) is 0 Å². The zero-order chi connectivity index (χ0) is 22.6. The molecule has 0 spiro atoms. The predicted molar refractivity (Wildman–Crippen MR) is 133 cm³/mol. The molecule has 160 valence electrons. The van der Waals surface area contributed by atoms with Crippen LogP contribution in [-0.4, -0.2) is 5.78 Å². The van der Waals surface area contributed by atoms with Gasteiger partial charge in [-0.15, -0.1) is 0 Å². The molecule has 0 aromatic heterocycles. The van der Waals surface area contributed by atoms with Crippen LogP contribution in [-0.2, 0) is 10.8 Å². The van der Waals surface area contributed by atoms with E-state index in [2.05, 4.69) is 65.1 Å². The Labute approximate surface area is 187 Å². The van der Waals surface area contributed by atoms with E-state index in [1.807, 2.05) is 60.7 Å². The average Bonchev–Trinajstić information content (AvgIpc) is 2.73. The van der Waals surface area contributed by atoms with Gasteiger partial charge in [-0.25, -0.2) is 0 Å². The van der Waals surface area contributed by atoms with Gasteiger partial charge in [-0.1, -0.05) is 108 Å². The van der Waals surface area contributed by atoms with Crippen LogP contribution < -0.4 is 5.32 Å². The van der Waals surface area contributed by atoms with Gasteiger partial charge in [-0.2, -0.15) is 0 Å². The van der Waals surface area contributed by atoms with E-state index in [4.69, 9.17) is 0 Å². The highest BCUT2D eigenvalue weighted by Gasteiger charge is 2.21. The molecule has 3 rings (SSSR count). The van der Waals surface area contributed by atoms with Crippen molar-refractivity contribution in [1.29, 1.82) is 0 Å². The van der Waals surface area contributed by atoms with Crippen LogP contribution >= 0.6 is 0 Å². The van der Waals surface area contributed by atoms with Gasteiger partial charge >= 0.3 is 0 Å². The smallest absolute Gasteiger partial charge is 0.187 e. The van der Waals surface area contributed by atoms with Gasteiger partial charge in [0.15, 0.2) is 5.78 Å². The quantitative estimate of drug-likeness (QED) is 0.345. The number of carbonyl (C=O) groups is 1. The summed E-state index contributed by atoms with van der Waals surface area (Å²) in [5.41, 5.74) is 6.02. The number of anilines is 1. The van der Waals surface area contributed by atoms with Gasteiger partial charge in [-0.3, -0.25) is 4.79 Å². The molecule has 0 fully saturated rings. The number of rotatable bonds is 5. The van der Waals surface area contributed by atoms with Crippen LogP contribution in [0.1, 0.15) is 68.6 Å². The highest BCUT2D eigenvalue weighted by Crippen LogP contribution is 2.33. The molecule has 0 atom stereocenters. The van der Waals surface area contributed by atoms with Crippen LogP contribution in [0, 0.1) is 0 Å². The van der Waals surface area contributed by atoms with E-state index in [-0.39, 0.29) is 16.6 Å². The fourth-order valence-corrected chi connectivity index (χ4v) is 3.35. The third kappa shape index (κ3) is 5.95. The summed E-state index contributed by atoms with van der Waals surface area (Å²) in [4.78, 5) is 13.0. The molecule has 0 amide bonds. The summed E-state index contributed by atoms with van der Waals surface area (Å²) in [5, 5.41) is 3.56. The fourth-order valence-electron chi connectivity index (χ4n) is 3.35. The second-order valence-corrected chi connectivity index (χ2v) is 10.1. The number of allylic oxidation sites excluding steroid dienone is 1. The van der Waals surface area contributed by atoms with E-state index in [1.54, 1.807) is 6.08 Å². The Bertz CT molecular complexity index is 1030. The summed E-state index contributed by atoms with van der Waals surface area (Å²) in [5.74, 6) is -0.0185. The van der Waals surface area contributed by atoms with E-state index in [9.17, 15) is 4.79 Å². The zero-order valence-corrected chi connectivity index (χ0v) is 19.5. The van der Waals surface area contributed by atoms with Crippen molar-refractivity contribution in [3.8, 4) is 0 Å². The number of benzene rings is 3. The lowest BCUT2D eigenvalue weighted by Crippen LogP contribution is -2.17. The molecule has 0 unspecified atom stereocenters. The molecule has 0 heterocycles. The largest absolute Gasteiger partial charge is 0.355 e. The normalized spacial score (nSPS) is 12.5. The molecule has 3 aromatic carbocycles. The lowest BCUT2D eigenvalue weighted by molar-refractivity contribution is 0.104. The van der Waals surface area contributed by atoms with Crippen molar-refractivity contribution >= 4 is 17.2 Å². The first-order valence-electron chi connectivity index (χ1n) is 10.8. The van der Waals surface area contributed by atoms with Gasteiger partial charge in [0.1, 0.15) is 0 Å². The first-order chi connectivity index (χ1) is 14.5. The Hall–Kier alpha value is -3.13.